The molecule has 642 valence electrons. The summed E-state index contributed by atoms with van der Waals surface area (Å²) in [6.45, 7) is 13.1. The fraction of sp³-hybridized carbons (Fsp3) is 0.247. The summed E-state index contributed by atoms with van der Waals surface area (Å²) in [6, 6.07) is 49.6. The molecule has 0 radical (unpaired) electrons. The normalized spacial score (nSPS) is 14.6. The van der Waals surface area contributed by atoms with Gasteiger partial charge in [0.1, 0.15) is 79.1 Å². The minimum atomic E-state index is -0.440. The van der Waals surface area contributed by atoms with E-state index in [9.17, 15) is 0 Å². The first-order valence-corrected chi connectivity index (χ1v) is 46.5. The van der Waals surface area contributed by atoms with Crippen LogP contribution in [-0.2, 0) is 15.9 Å². The molecule has 0 atom stereocenters. The number of ether oxygens (including phenoxy) is 5. The van der Waals surface area contributed by atoms with Crippen molar-refractivity contribution in [1.29, 1.82) is 0 Å². The molecule has 7 aromatic carbocycles. The quantitative estimate of drug-likeness (QED) is 0.0296. The van der Waals surface area contributed by atoms with Gasteiger partial charge in [0.05, 0.1) is 95.1 Å². The number of thiophene rings is 4. The van der Waals surface area contributed by atoms with Crippen molar-refractivity contribution in [3.63, 3.8) is 0 Å². The van der Waals surface area contributed by atoms with Crippen molar-refractivity contribution in [2.24, 2.45) is 5.92 Å². The van der Waals surface area contributed by atoms with Crippen molar-refractivity contribution < 1.29 is 28.1 Å². The molecular weight excluding hydrogens is 1720 g/mol. The van der Waals surface area contributed by atoms with Gasteiger partial charge in [-0.1, -0.05) is 90.3 Å². The Labute approximate surface area is 753 Å². The van der Waals surface area contributed by atoms with Crippen LogP contribution < -0.4 is 30.2 Å². The number of nitrogens with zero attached hydrogens (tertiary/aromatic N) is 15. The minimum Gasteiger partial charge on any atom is -0.492 e. The van der Waals surface area contributed by atoms with Gasteiger partial charge in [-0.3, -0.25) is 40.1 Å². The van der Waals surface area contributed by atoms with E-state index in [0.29, 0.717) is 64.6 Å². The molecule has 3 saturated heterocycles. The monoisotopic (exact) mass is 1810 g/mol. The number of para-hydroxylation sites is 4. The average molecular weight is 1810 g/mol. The molecule has 4 fully saturated rings. The van der Waals surface area contributed by atoms with E-state index in [0.717, 1.165) is 210 Å². The summed E-state index contributed by atoms with van der Waals surface area (Å²) in [4.78, 5) is 44.3. The highest BCUT2D eigenvalue weighted by atomic mass is 35.5. The molecule has 19 aromatic rings. The topological polar surface area (TPSA) is 310 Å². The molecule has 7 N–H and O–H groups in total. The molecule has 1 saturated carbocycles. The SMILES string of the molecule is Clc1c(Nc2nc3c(-c4ncn[nH]4)cccc3c3ccsc23)cccc1OCCN1CCOCC1.Clc1cc(OCCN2CCCCC2)ccc1Nc1nc2c(-c3ncn[nH]3)cccc2c2ccsc12.Fc1c(Nc2nc3c(-c4ncn[nH]4)cccc3c3ccsc23)cccc1OCCN1CCOCC1.c1cc(-c2ncn[nH]2)c2nc(CC3CC3)c3sccc3c2c1. The summed E-state index contributed by atoms with van der Waals surface area (Å²) in [7, 11) is 0. The Morgan fingerprint density at radius 3 is 1.24 bits per heavy atom. The number of halogens is 3. The molecular formula is C93H85Cl2FN22O5S4. The maximum absolute atomic E-state index is 15.4. The van der Waals surface area contributed by atoms with Gasteiger partial charge >= 0.3 is 0 Å². The smallest absolute Gasteiger partial charge is 0.188 e. The Bertz CT molecular complexity index is 6800. The zero-order valence-corrected chi connectivity index (χ0v) is 73.5. The van der Waals surface area contributed by atoms with Crippen molar-refractivity contribution in [3.05, 3.63) is 220 Å². The molecule has 127 heavy (non-hydrogen) atoms. The largest absolute Gasteiger partial charge is 0.492 e. The summed E-state index contributed by atoms with van der Waals surface area (Å²) in [5.41, 5.74) is 10.2. The lowest BCUT2D eigenvalue weighted by Crippen LogP contribution is -2.38. The number of rotatable bonds is 24. The molecule has 12 aromatic heterocycles. The van der Waals surface area contributed by atoms with Crippen LogP contribution >= 0.6 is 68.5 Å². The fourth-order valence-corrected chi connectivity index (χ4v) is 20.3. The van der Waals surface area contributed by atoms with Crippen molar-refractivity contribution in [2.45, 2.75) is 38.5 Å². The number of pyridine rings is 4. The molecule has 0 bridgehead atoms. The first kappa shape index (κ1) is 82.9. The van der Waals surface area contributed by atoms with Gasteiger partial charge in [-0.15, -0.1) is 45.3 Å². The maximum atomic E-state index is 15.4. The minimum absolute atomic E-state index is 0.217. The van der Waals surface area contributed by atoms with Gasteiger partial charge in [0.15, 0.2) is 34.9 Å². The van der Waals surface area contributed by atoms with Gasteiger partial charge in [0.25, 0.3) is 0 Å². The van der Waals surface area contributed by atoms with E-state index in [1.54, 1.807) is 69.9 Å². The van der Waals surface area contributed by atoms with Crippen LogP contribution in [0.2, 0.25) is 10.0 Å². The van der Waals surface area contributed by atoms with E-state index in [4.69, 9.17) is 66.8 Å². The fourth-order valence-electron chi connectivity index (χ4n) is 16.4. The van der Waals surface area contributed by atoms with Crippen LogP contribution in [0.15, 0.2) is 198 Å². The number of anilines is 6. The molecule has 1 aliphatic carbocycles. The summed E-state index contributed by atoms with van der Waals surface area (Å²) < 4.78 is 48.4. The summed E-state index contributed by atoms with van der Waals surface area (Å²) >= 11 is 20.1. The summed E-state index contributed by atoms with van der Waals surface area (Å²) in [5, 5.41) is 56.3. The molecule has 0 amide bonds. The second kappa shape index (κ2) is 38.5. The number of benzene rings is 7. The highest BCUT2D eigenvalue weighted by Crippen LogP contribution is 2.45. The van der Waals surface area contributed by atoms with Crippen LogP contribution in [0.25, 0.3) is 130 Å². The van der Waals surface area contributed by atoms with Crippen LogP contribution in [-0.4, -0.2) is 201 Å². The molecule has 27 nitrogen and oxygen atoms in total. The van der Waals surface area contributed by atoms with Gasteiger partial charge in [-0.05, 0) is 158 Å². The maximum Gasteiger partial charge on any atom is 0.188 e. The predicted molar refractivity (Wildman–Crippen MR) is 507 cm³/mol. The highest BCUT2D eigenvalue weighted by Gasteiger charge is 2.27. The summed E-state index contributed by atoms with van der Waals surface area (Å²) in [5.74, 6) is 6.89. The van der Waals surface area contributed by atoms with E-state index in [2.05, 4.69) is 162 Å². The Balaban J connectivity index is 0.000000108. The molecule has 4 aliphatic rings. The molecule has 0 spiro atoms. The number of nitrogens with one attached hydrogen (secondary N) is 7. The number of hydrogen-bond donors (Lipinski definition) is 7. The van der Waals surface area contributed by atoms with Crippen molar-refractivity contribution >= 4 is 187 Å². The predicted octanol–water partition coefficient (Wildman–Crippen LogP) is 20.9. The average Bonchev–Trinajstić information content (AvgIpc) is 1.45. The number of likely N-dealkylation sites (tertiary alicyclic amines) is 1. The number of fused-ring (bicyclic) bond motifs is 12. The third kappa shape index (κ3) is 18.4. The second-order valence-corrected chi connectivity index (χ2v) is 35.4. The molecule has 34 heteroatoms. The Morgan fingerprint density at radius 1 is 0.402 bits per heavy atom. The van der Waals surface area contributed by atoms with Crippen LogP contribution in [0.5, 0.6) is 17.2 Å². The second-order valence-electron chi connectivity index (χ2n) is 31.0. The third-order valence-corrected chi connectivity index (χ3v) is 27.4. The van der Waals surface area contributed by atoms with Crippen LogP contribution in [0.3, 0.4) is 0 Å². The molecule has 0 unspecified atom stereocenters. The Kier molecular flexibility index (Phi) is 25.1. The zero-order valence-electron chi connectivity index (χ0n) is 68.7. The third-order valence-electron chi connectivity index (χ3n) is 22.9. The van der Waals surface area contributed by atoms with Gasteiger partial charge in [0, 0.05) is 117 Å². The summed E-state index contributed by atoms with van der Waals surface area (Å²) in [6.07, 6.45) is 13.7. The Morgan fingerprint density at radius 2 is 0.795 bits per heavy atom. The lowest BCUT2D eigenvalue weighted by Gasteiger charge is -2.26. The number of hydrogen-bond acceptors (Lipinski definition) is 27. The highest BCUT2D eigenvalue weighted by molar-refractivity contribution is 7.19. The first-order chi connectivity index (χ1) is 62.7. The molecule has 23 rings (SSSR count). The van der Waals surface area contributed by atoms with Crippen LogP contribution in [0, 0.1) is 11.7 Å². The van der Waals surface area contributed by atoms with Gasteiger partial charge in [-0.25, -0.2) is 39.3 Å². The number of H-pyrrole nitrogens is 4. The van der Waals surface area contributed by atoms with Crippen molar-refractivity contribution in [1.82, 2.24) is 95.4 Å². The van der Waals surface area contributed by atoms with Gasteiger partial charge < -0.3 is 39.6 Å². The van der Waals surface area contributed by atoms with E-state index < -0.39 is 5.82 Å². The van der Waals surface area contributed by atoms with Gasteiger partial charge in [0.2, 0.25) is 0 Å². The lowest BCUT2D eigenvalue weighted by atomic mass is 10.0. The van der Waals surface area contributed by atoms with E-state index in [-0.39, 0.29) is 5.75 Å². The van der Waals surface area contributed by atoms with Crippen molar-refractivity contribution in [2.75, 3.05) is 121 Å². The Hall–Kier alpha value is -12.3. The first-order valence-electron chi connectivity index (χ1n) is 42.2. The van der Waals surface area contributed by atoms with Crippen molar-refractivity contribution in [3.8, 4) is 62.8 Å². The number of morpholine rings is 2. The zero-order chi connectivity index (χ0) is 85.4. The standard InChI is InChI=1S/C26H25ClN6OS.C25H23ClN6O2S.C25H23FN6O2S.C17H14N4S/c27-21-15-17(34-13-12-33-10-2-1-3-11-33)7-8-22(21)30-26-24-19(9-14-35-24)18-5-4-6-20(23(18)31-26)25-28-16-29-32-25;2*26-21-19(5-2-6-20(21)34-13-10-32-8-11-33-12-9-32)29-25-23-17(7-14-35-23)16-3-1-4-18(22(16)30-25)24-27-15-28-31-24;1-2-11-12-6-7-22-16(12)14(8-10-4-5-10)20-15(11)13(3-1)17-18-9-19-21-17/h4-9,14-16H,1-3,10-13H2,(H,30,31)(H,28,29,32);2*1-7,14-15H,8-13H2,(H,29,30)(H,27,28,31);1-3,6-7,9-10H,4-5,8H2,(H,18,19,21). The van der Waals surface area contributed by atoms with E-state index in [1.807, 2.05) is 84.2 Å². The number of aromatic amines is 4. The lowest BCUT2D eigenvalue weighted by molar-refractivity contribution is 0.0320. The van der Waals surface area contributed by atoms with Gasteiger partial charge in [-0.2, -0.15) is 20.4 Å². The van der Waals surface area contributed by atoms with Crippen LogP contribution in [0.4, 0.5) is 38.9 Å². The van der Waals surface area contributed by atoms with E-state index in [1.165, 1.54) is 85.3 Å². The molecule has 3 aliphatic heterocycles. The van der Waals surface area contributed by atoms with Crippen LogP contribution in [0.1, 0.15) is 37.8 Å². The number of aromatic nitrogens is 16. The molecule has 15 heterocycles. The van der Waals surface area contributed by atoms with E-state index >= 15 is 4.39 Å². The number of piperidine rings is 1.